The van der Waals surface area contributed by atoms with E-state index in [9.17, 15) is 0 Å². The summed E-state index contributed by atoms with van der Waals surface area (Å²) in [5.74, 6) is 4.85. The molecule has 0 aliphatic carbocycles. The Morgan fingerprint density at radius 2 is 0.942 bits per heavy atom. The van der Waals surface area contributed by atoms with Crippen LogP contribution in [0.15, 0.2) is 109 Å². The minimum absolute atomic E-state index is 0.0427. The van der Waals surface area contributed by atoms with Gasteiger partial charge in [-0.3, -0.25) is 0 Å². The van der Waals surface area contributed by atoms with Gasteiger partial charge in [-0.1, -0.05) is 126 Å². The largest absolute Gasteiger partial charge is 0.458 e. The number of ether oxygens (including phenoxy) is 2. The monoisotopic (exact) mass is 676 g/mol. The summed E-state index contributed by atoms with van der Waals surface area (Å²) in [7, 11) is 0. The Bertz CT molecular complexity index is 2350. The van der Waals surface area contributed by atoms with Crippen LogP contribution in [0, 0.1) is 0 Å². The first kappa shape index (κ1) is 30.2. The van der Waals surface area contributed by atoms with Gasteiger partial charge in [-0.05, 0) is 80.4 Å². The highest BCUT2D eigenvalue weighted by atomic mass is 16.5. The molecule has 0 N–H and O–H groups in total. The maximum atomic E-state index is 6.91. The molecule has 0 spiro atoms. The van der Waals surface area contributed by atoms with Gasteiger partial charge in [0.05, 0.1) is 22.7 Å². The summed E-state index contributed by atoms with van der Waals surface area (Å²) >= 11 is 0. The molecule has 2 atom stereocenters. The van der Waals surface area contributed by atoms with Gasteiger partial charge in [-0.2, -0.15) is 0 Å². The molecule has 0 radical (unpaired) electrons. The van der Waals surface area contributed by atoms with E-state index in [1.54, 1.807) is 0 Å². The smallest absolute Gasteiger partial charge is 0.260 e. The maximum Gasteiger partial charge on any atom is 0.260 e. The molecule has 5 aliphatic heterocycles. The van der Waals surface area contributed by atoms with E-state index in [0.29, 0.717) is 11.8 Å². The highest BCUT2D eigenvalue weighted by Gasteiger charge is 2.51. The fourth-order valence-electron chi connectivity index (χ4n) is 10.2. The van der Waals surface area contributed by atoms with Gasteiger partial charge in [0.1, 0.15) is 29.2 Å². The molecule has 0 fully saturated rings. The van der Waals surface area contributed by atoms with Crippen molar-refractivity contribution in [2.75, 3.05) is 9.80 Å². The normalized spacial score (nSPS) is 19.3. The van der Waals surface area contributed by atoms with Crippen molar-refractivity contribution in [1.29, 1.82) is 0 Å². The Morgan fingerprint density at radius 3 is 1.40 bits per heavy atom. The van der Waals surface area contributed by atoms with Gasteiger partial charge < -0.3 is 19.3 Å². The summed E-state index contributed by atoms with van der Waals surface area (Å²) in [6, 6.07) is 40.5. The second-order valence-electron chi connectivity index (χ2n) is 16.0. The number of rotatable bonds is 3. The second kappa shape index (κ2) is 10.6. The van der Waals surface area contributed by atoms with E-state index >= 15 is 0 Å². The molecule has 6 aromatic carbocycles. The van der Waals surface area contributed by atoms with Crippen LogP contribution in [0.3, 0.4) is 0 Å². The molecule has 0 saturated heterocycles. The highest BCUT2D eigenvalue weighted by Crippen LogP contribution is 2.66. The molecule has 5 aliphatic rings. The van der Waals surface area contributed by atoms with Crippen molar-refractivity contribution in [2.45, 2.75) is 71.4 Å². The van der Waals surface area contributed by atoms with Crippen molar-refractivity contribution >= 4 is 45.9 Å². The summed E-state index contributed by atoms with van der Waals surface area (Å²) in [6.45, 7) is 14.2. The molecule has 5 heteroatoms. The van der Waals surface area contributed by atoms with Crippen LogP contribution in [0.25, 0.3) is 0 Å². The predicted molar refractivity (Wildman–Crippen MR) is 214 cm³/mol. The number of benzene rings is 6. The van der Waals surface area contributed by atoms with Crippen LogP contribution in [0.1, 0.15) is 110 Å². The zero-order valence-electron chi connectivity index (χ0n) is 30.6. The lowest BCUT2D eigenvalue weighted by atomic mass is 9.35. The van der Waals surface area contributed by atoms with Crippen LogP contribution in [0.2, 0.25) is 0 Å². The van der Waals surface area contributed by atoms with Crippen molar-refractivity contribution in [3.63, 3.8) is 0 Å². The minimum atomic E-state index is -0.159. The Hall–Kier alpha value is -5.42. The van der Waals surface area contributed by atoms with E-state index in [1.165, 1.54) is 67.1 Å². The Balaban J connectivity index is 1.23. The number of hydrogen-bond acceptors (Lipinski definition) is 4. The van der Waals surface area contributed by atoms with Gasteiger partial charge in [-0.25, -0.2) is 0 Å². The first-order valence-corrected chi connectivity index (χ1v) is 19.0. The van der Waals surface area contributed by atoms with Gasteiger partial charge in [0.2, 0.25) is 0 Å². The van der Waals surface area contributed by atoms with Gasteiger partial charge in [-0.15, -0.1) is 0 Å². The summed E-state index contributed by atoms with van der Waals surface area (Å²) in [5.41, 5.74) is 18.4. The predicted octanol–water partition coefficient (Wildman–Crippen LogP) is 10.6. The number of fused-ring (bicyclic) bond motifs is 8. The SMILES string of the molecule is CC(C)c1cccc2c1N1c3c(ccc4c3N(c3c(C(C)C)cccc3C4C)C1c1cc3c4c(c1)Oc1ccccc1B4c1ccccc1O3)C2C. The Kier molecular flexibility index (Phi) is 6.15. The highest BCUT2D eigenvalue weighted by molar-refractivity contribution is 6.98. The van der Waals surface area contributed by atoms with Crippen LogP contribution < -0.4 is 35.7 Å². The van der Waals surface area contributed by atoms with Crippen molar-refractivity contribution in [2.24, 2.45) is 0 Å². The summed E-state index contributed by atoms with van der Waals surface area (Å²) in [5, 5.41) is 0. The van der Waals surface area contributed by atoms with Gasteiger partial charge in [0, 0.05) is 22.9 Å². The van der Waals surface area contributed by atoms with Crippen LogP contribution in [-0.4, -0.2) is 6.71 Å². The lowest BCUT2D eigenvalue weighted by Gasteiger charge is -2.42. The molecule has 0 bridgehead atoms. The molecular weight excluding hydrogens is 635 g/mol. The van der Waals surface area contributed by atoms with Crippen LogP contribution in [0.5, 0.6) is 23.0 Å². The van der Waals surface area contributed by atoms with Crippen molar-refractivity contribution in [3.8, 4) is 23.0 Å². The fraction of sp³-hybridized carbons (Fsp3) is 0.234. The molecule has 52 heavy (non-hydrogen) atoms. The van der Waals surface area contributed by atoms with Crippen LogP contribution in [-0.2, 0) is 0 Å². The van der Waals surface area contributed by atoms with E-state index in [1.807, 2.05) is 0 Å². The van der Waals surface area contributed by atoms with Gasteiger partial charge in [0.15, 0.2) is 0 Å². The number of para-hydroxylation sites is 4. The average molecular weight is 677 g/mol. The fourth-order valence-corrected chi connectivity index (χ4v) is 10.2. The molecule has 0 aromatic heterocycles. The third kappa shape index (κ3) is 3.79. The standard InChI is InChI=1S/C47H41BN2O2/c1-25(2)30-13-11-15-32-27(5)34-21-22-35-28(6)33-16-12-14-31(26(3)4)44(33)50-46(35)45(34)49(43(30)32)47(50)29-23-40-42-41(24-29)52-39-20-10-8-18-37(39)48(42)36-17-7-9-19-38(36)51-40/h7-28,47H,1-6H3. The minimum Gasteiger partial charge on any atom is -0.458 e. The molecule has 0 amide bonds. The molecule has 6 aromatic rings. The third-order valence-electron chi connectivity index (χ3n) is 12.6. The van der Waals surface area contributed by atoms with Crippen LogP contribution in [0.4, 0.5) is 22.7 Å². The topological polar surface area (TPSA) is 24.9 Å². The van der Waals surface area contributed by atoms with E-state index < -0.39 is 0 Å². The van der Waals surface area contributed by atoms with E-state index in [2.05, 4.69) is 161 Å². The van der Waals surface area contributed by atoms with Gasteiger partial charge in [0.25, 0.3) is 6.71 Å². The summed E-state index contributed by atoms with van der Waals surface area (Å²) in [6.07, 6.45) is -0.159. The first-order valence-electron chi connectivity index (χ1n) is 19.0. The van der Waals surface area contributed by atoms with Crippen molar-refractivity contribution < 1.29 is 9.47 Å². The van der Waals surface area contributed by atoms with E-state index in [4.69, 9.17) is 9.47 Å². The molecule has 11 rings (SSSR count). The third-order valence-corrected chi connectivity index (χ3v) is 12.6. The van der Waals surface area contributed by atoms with E-state index in [-0.39, 0.29) is 24.7 Å². The van der Waals surface area contributed by atoms with Crippen molar-refractivity contribution in [1.82, 2.24) is 0 Å². The summed E-state index contributed by atoms with van der Waals surface area (Å²) < 4.78 is 13.8. The van der Waals surface area contributed by atoms with E-state index in [0.717, 1.165) is 34.0 Å². The first-order chi connectivity index (χ1) is 25.3. The molecule has 2 unspecified atom stereocenters. The summed E-state index contributed by atoms with van der Waals surface area (Å²) in [4.78, 5) is 5.41. The average Bonchev–Trinajstić information content (AvgIpc) is 3.51. The molecule has 4 nitrogen and oxygen atoms in total. The lowest BCUT2D eigenvalue weighted by molar-refractivity contribution is 0.462. The number of nitrogens with zero attached hydrogens (tertiary/aromatic N) is 2. The zero-order chi connectivity index (χ0) is 35.2. The number of anilines is 4. The van der Waals surface area contributed by atoms with Crippen molar-refractivity contribution in [3.05, 3.63) is 148 Å². The maximum absolute atomic E-state index is 6.91. The van der Waals surface area contributed by atoms with Gasteiger partial charge >= 0.3 is 0 Å². The Labute approximate surface area is 306 Å². The van der Waals surface area contributed by atoms with Crippen LogP contribution >= 0.6 is 0 Å². The molecule has 5 heterocycles. The lowest BCUT2D eigenvalue weighted by Crippen LogP contribution is -2.57. The molecule has 0 saturated carbocycles. The second-order valence-corrected chi connectivity index (χ2v) is 16.0. The quantitative estimate of drug-likeness (QED) is 0.174. The number of hydrogen-bond donors (Lipinski definition) is 0. The Morgan fingerprint density at radius 1 is 0.500 bits per heavy atom. The molecule has 254 valence electrons. The molecular formula is C47H41BN2O2. The zero-order valence-corrected chi connectivity index (χ0v) is 30.6.